The number of aliphatic carboxylic acids is 1. The number of carboxylic acids is 1. The first-order valence-electron chi connectivity index (χ1n) is 5.38. The zero-order valence-corrected chi connectivity index (χ0v) is 11.2. The van der Waals surface area contributed by atoms with Gasteiger partial charge in [-0.1, -0.05) is 11.6 Å². The van der Waals surface area contributed by atoms with Crippen LogP contribution in [0.5, 0.6) is 0 Å². The average Bonchev–Trinajstić information content (AvgIpc) is 2.38. The van der Waals surface area contributed by atoms with Gasteiger partial charge < -0.3 is 10.0 Å². The van der Waals surface area contributed by atoms with Crippen molar-refractivity contribution in [1.82, 2.24) is 4.98 Å². The summed E-state index contributed by atoms with van der Waals surface area (Å²) in [6.45, 7) is 0.492. The molecule has 7 nitrogen and oxygen atoms in total. The predicted octanol–water partition coefficient (Wildman–Crippen LogP) is 1.65. The molecule has 1 unspecified atom stereocenters. The van der Waals surface area contributed by atoms with Crippen LogP contribution < -0.4 is 4.90 Å². The summed E-state index contributed by atoms with van der Waals surface area (Å²) in [6, 6.07) is 0.468. The smallest absolute Gasteiger partial charge is 0.327 e. The van der Waals surface area contributed by atoms with E-state index < -0.39 is 16.9 Å². The van der Waals surface area contributed by atoms with E-state index in [9.17, 15) is 14.9 Å². The third-order valence-electron chi connectivity index (χ3n) is 2.70. The van der Waals surface area contributed by atoms with Crippen LogP contribution in [0.25, 0.3) is 0 Å². The molecule has 0 spiro atoms. The Balaban J connectivity index is 2.34. The number of aromatic nitrogens is 1. The van der Waals surface area contributed by atoms with E-state index in [1.165, 1.54) is 6.07 Å². The van der Waals surface area contributed by atoms with Gasteiger partial charge in [-0.2, -0.15) is 11.8 Å². The zero-order chi connectivity index (χ0) is 14.0. The first-order valence-corrected chi connectivity index (χ1v) is 6.91. The number of thioether (sulfide) groups is 1. The number of nitrogens with zero attached hydrogens (tertiary/aromatic N) is 3. The van der Waals surface area contributed by atoms with Crippen LogP contribution in [-0.2, 0) is 4.79 Å². The third kappa shape index (κ3) is 2.90. The fraction of sp³-hybridized carbons (Fsp3) is 0.400. The normalized spacial score (nSPS) is 19.2. The van der Waals surface area contributed by atoms with Crippen molar-refractivity contribution in [2.24, 2.45) is 0 Å². The summed E-state index contributed by atoms with van der Waals surface area (Å²) in [7, 11) is 0. The van der Waals surface area contributed by atoms with Crippen molar-refractivity contribution in [2.45, 2.75) is 6.04 Å². The lowest BCUT2D eigenvalue weighted by Gasteiger charge is -2.33. The second-order valence-corrected chi connectivity index (χ2v) is 5.44. The van der Waals surface area contributed by atoms with Gasteiger partial charge >= 0.3 is 5.97 Å². The van der Waals surface area contributed by atoms with Gasteiger partial charge in [0.2, 0.25) is 0 Å². The van der Waals surface area contributed by atoms with E-state index in [4.69, 9.17) is 16.7 Å². The topological polar surface area (TPSA) is 96.6 Å². The maximum atomic E-state index is 11.2. The van der Waals surface area contributed by atoms with Crippen molar-refractivity contribution >= 4 is 40.8 Å². The third-order valence-corrected chi connectivity index (χ3v) is 4.00. The highest BCUT2D eigenvalue weighted by atomic mass is 35.5. The molecule has 0 aromatic carbocycles. The SMILES string of the molecule is O=C(O)C1CSCCN1c1ncc([N+](=O)[O-])cc1Cl. The molecule has 0 amide bonds. The van der Waals surface area contributed by atoms with Crippen molar-refractivity contribution in [3.63, 3.8) is 0 Å². The highest BCUT2D eigenvalue weighted by Crippen LogP contribution is 2.31. The standard InChI is InChI=1S/C10H10ClN3O4S/c11-7-3-6(14(17)18)4-12-9(7)13-1-2-19-5-8(13)10(15)16/h3-4,8H,1-2,5H2,(H,15,16). The monoisotopic (exact) mass is 303 g/mol. The Bertz CT molecular complexity index is 527. The van der Waals surface area contributed by atoms with Crippen molar-refractivity contribution < 1.29 is 14.8 Å². The van der Waals surface area contributed by atoms with Gasteiger partial charge in [-0.3, -0.25) is 10.1 Å². The van der Waals surface area contributed by atoms with Gasteiger partial charge in [0.05, 0.1) is 9.95 Å². The van der Waals surface area contributed by atoms with Gasteiger partial charge in [0.15, 0.2) is 0 Å². The minimum Gasteiger partial charge on any atom is -0.480 e. The molecule has 19 heavy (non-hydrogen) atoms. The summed E-state index contributed by atoms with van der Waals surface area (Å²) in [5.41, 5.74) is -0.216. The molecule has 1 aliphatic heterocycles. The van der Waals surface area contributed by atoms with E-state index in [2.05, 4.69) is 4.98 Å². The molecule has 1 aromatic heterocycles. The number of hydrogen-bond acceptors (Lipinski definition) is 6. The van der Waals surface area contributed by atoms with Crippen LogP contribution in [0.15, 0.2) is 12.3 Å². The summed E-state index contributed by atoms with van der Waals surface area (Å²) in [6.07, 6.45) is 1.09. The molecule has 2 heterocycles. The van der Waals surface area contributed by atoms with E-state index >= 15 is 0 Å². The first-order chi connectivity index (χ1) is 9.00. The maximum Gasteiger partial charge on any atom is 0.327 e. The summed E-state index contributed by atoms with van der Waals surface area (Å²) in [5, 5.41) is 19.9. The Hall–Kier alpha value is -1.54. The van der Waals surface area contributed by atoms with Crippen molar-refractivity contribution in [1.29, 1.82) is 0 Å². The molecule has 0 radical (unpaired) electrons. The Kier molecular flexibility index (Phi) is 4.11. The molecule has 2 rings (SSSR count). The molecule has 0 aliphatic carbocycles. The van der Waals surface area contributed by atoms with Crippen molar-refractivity contribution in [3.8, 4) is 0 Å². The van der Waals surface area contributed by atoms with Crippen LogP contribution in [0.3, 0.4) is 0 Å². The van der Waals surface area contributed by atoms with Crippen molar-refractivity contribution in [2.75, 3.05) is 23.0 Å². The Morgan fingerprint density at radius 1 is 1.68 bits per heavy atom. The van der Waals surface area contributed by atoms with Gasteiger partial charge in [0, 0.05) is 24.1 Å². The minimum atomic E-state index is -0.955. The molecule has 1 N–H and O–H groups in total. The molecule has 1 aromatic rings. The fourth-order valence-corrected chi connectivity index (χ4v) is 3.10. The van der Waals surface area contributed by atoms with Gasteiger partial charge in [-0.25, -0.2) is 9.78 Å². The molecular weight excluding hydrogens is 294 g/mol. The van der Waals surface area contributed by atoms with Crippen LogP contribution in [0, 0.1) is 10.1 Å². The molecule has 1 saturated heterocycles. The zero-order valence-electron chi connectivity index (χ0n) is 9.65. The van der Waals surface area contributed by atoms with E-state index in [-0.39, 0.29) is 16.5 Å². The fourth-order valence-electron chi connectivity index (χ4n) is 1.79. The Morgan fingerprint density at radius 3 is 3.00 bits per heavy atom. The van der Waals surface area contributed by atoms with E-state index in [0.717, 1.165) is 11.9 Å². The summed E-state index contributed by atoms with van der Waals surface area (Å²) < 4.78 is 0. The van der Waals surface area contributed by atoms with Gasteiger partial charge in [0.25, 0.3) is 5.69 Å². The van der Waals surface area contributed by atoms with Gasteiger partial charge in [0.1, 0.15) is 18.1 Å². The molecule has 0 bridgehead atoms. The number of carbonyl (C=O) groups is 1. The van der Waals surface area contributed by atoms with Crippen LogP contribution in [-0.4, -0.2) is 45.1 Å². The number of nitro groups is 1. The van der Waals surface area contributed by atoms with Crippen molar-refractivity contribution in [3.05, 3.63) is 27.4 Å². The predicted molar refractivity (Wildman–Crippen MR) is 72.0 cm³/mol. The number of rotatable bonds is 3. The highest BCUT2D eigenvalue weighted by Gasteiger charge is 2.31. The maximum absolute atomic E-state index is 11.2. The molecule has 1 aliphatic rings. The molecule has 0 saturated carbocycles. The minimum absolute atomic E-state index is 0.0901. The average molecular weight is 304 g/mol. The van der Waals surface area contributed by atoms with Gasteiger partial charge in [-0.15, -0.1) is 0 Å². The summed E-state index contributed by atoms with van der Waals surface area (Å²) >= 11 is 7.51. The molecule has 1 fully saturated rings. The summed E-state index contributed by atoms with van der Waals surface area (Å²) in [4.78, 5) is 26.7. The Labute approximate surface area is 117 Å². The second kappa shape index (κ2) is 5.62. The number of anilines is 1. The lowest BCUT2D eigenvalue weighted by Crippen LogP contribution is -2.48. The van der Waals surface area contributed by atoms with Crippen LogP contribution in [0.1, 0.15) is 0 Å². The largest absolute Gasteiger partial charge is 0.480 e. The van der Waals surface area contributed by atoms with Crippen LogP contribution in [0.4, 0.5) is 11.5 Å². The lowest BCUT2D eigenvalue weighted by atomic mass is 10.2. The molecule has 1 atom stereocenters. The van der Waals surface area contributed by atoms with Crippen LogP contribution in [0.2, 0.25) is 5.02 Å². The second-order valence-electron chi connectivity index (χ2n) is 3.88. The highest BCUT2D eigenvalue weighted by molar-refractivity contribution is 7.99. The van der Waals surface area contributed by atoms with E-state index in [1.54, 1.807) is 16.7 Å². The first kappa shape index (κ1) is 13.9. The van der Waals surface area contributed by atoms with E-state index in [0.29, 0.717) is 12.3 Å². The molecule has 9 heteroatoms. The lowest BCUT2D eigenvalue weighted by molar-refractivity contribution is -0.385. The number of carboxylic acid groups (broad SMARTS) is 1. The van der Waals surface area contributed by atoms with E-state index in [1.807, 2.05) is 0 Å². The summed E-state index contributed by atoms with van der Waals surface area (Å²) in [5.74, 6) is 0.520. The number of halogens is 1. The van der Waals surface area contributed by atoms with Crippen LogP contribution >= 0.6 is 23.4 Å². The molecule has 102 valence electrons. The molecular formula is C10H10ClN3O4S. The quantitative estimate of drug-likeness (QED) is 0.669. The number of hydrogen-bond donors (Lipinski definition) is 1. The van der Waals surface area contributed by atoms with Gasteiger partial charge in [-0.05, 0) is 0 Å². The Morgan fingerprint density at radius 2 is 2.42 bits per heavy atom. The number of pyridine rings is 1.